The summed E-state index contributed by atoms with van der Waals surface area (Å²) in [6.07, 6.45) is -1.84. The number of halogens is 5. The Hall–Kier alpha value is -4.73. The first kappa shape index (κ1) is 33.6. The zero-order chi connectivity index (χ0) is 34.6. The van der Waals surface area contributed by atoms with E-state index in [1.54, 1.807) is 25.7 Å². The van der Waals surface area contributed by atoms with Crippen LogP contribution in [0.5, 0.6) is 0 Å². The molecule has 1 saturated heterocycles. The largest absolute Gasteiger partial charge is 0.417 e. The minimum atomic E-state index is -5.11. The third-order valence-electron chi connectivity index (χ3n) is 7.83. The van der Waals surface area contributed by atoms with Crippen LogP contribution in [0.1, 0.15) is 37.9 Å². The summed E-state index contributed by atoms with van der Waals surface area (Å²) in [6.45, 7) is 8.99. The van der Waals surface area contributed by atoms with Crippen molar-refractivity contribution in [3.05, 3.63) is 82.6 Å². The molecule has 0 spiro atoms. The number of hydrogen-bond acceptors (Lipinski definition) is 8. The van der Waals surface area contributed by atoms with Gasteiger partial charge in [0.2, 0.25) is 5.91 Å². The third kappa shape index (κ3) is 6.08. The molecule has 4 aromatic rings. The lowest BCUT2D eigenvalue weighted by Gasteiger charge is -2.40. The minimum Gasteiger partial charge on any atom is -0.350 e. The molecule has 0 bridgehead atoms. The summed E-state index contributed by atoms with van der Waals surface area (Å²) in [5.41, 5.74) is -5.51. The van der Waals surface area contributed by atoms with Crippen LogP contribution in [-0.2, 0) is 20.8 Å². The fourth-order valence-electron chi connectivity index (χ4n) is 5.70. The highest BCUT2D eigenvalue weighted by molar-refractivity contribution is 7.90. The molecule has 0 N–H and O–H groups in total. The number of amides is 1. The Kier molecular flexibility index (Phi) is 8.68. The molecule has 5 rings (SSSR count). The van der Waals surface area contributed by atoms with Crippen LogP contribution in [0.3, 0.4) is 0 Å². The van der Waals surface area contributed by atoms with Crippen LogP contribution < -0.4 is 10.6 Å². The van der Waals surface area contributed by atoms with Gasteiger partial charge < -0.3 is 9.80 Å². The van der Waals surface area contributed by atoms with E-state index >= 15 is 8.78 Å². The number of hydrogen-bond donors (Lipinski definition) is 0. The van der Waals surface area contributed by atoms with E-state index in [9.17, 15) is 31.2 Å². The van der Waals surface area contributed by atoms with E-state index in [-0.39, 0.29) is 53.0 Å². The molecular weight excluding hydrogens is 647 g/mol. The molecule has 1 aliphatic rings. The van der Waals surface area contributed by atoms with Gasteiger partial charge in [0.1, 0.15) is 17.3 Å². The van der Waals surface area contributed by atoms with Crippen LogP contribution in [0.2, 0.25) is 0 Å². The molecule has 16 heteroatoms. The van der Waals surface area contributed by atoms with Gasteiger partial charge in [0.15, 0.2) is 21.3 Å². The molecule has 0 unspecified atom stereocenters. The van der Waals surface area contributed by atoms with Crippen LogP contribution in [0.25, 0.3) is 28.0 Å². The van der Waals surface area contributed by atoms with Gasteiger partial charge in [0.05, 0.1) is 32.8 Å². The van der Waals surface area contributed by atoms with Crippen molar-refractivity contribution in [2.45, 2.75) is 43.8 Å². The number of pyridine rings is 2. The van der Waals surface area contributed by atoms with E-state index < -0.39 is 67.8 Å². The van der Waals surface area contributed by atoms with Crippen LogP contribution in [0, 0.1) is 11.6 Å². The second kappa shape index (κ2) is 12.1. The lowest BCUT2D eigenvalue weighted by atomic mass is 10.0. The van der Waals surface area contributed by atoms with Gasteiger partial charge >= 0.3 is 11.9 Å². The smallest absolute Gasteiger partial charge is 0.350 e. The second-order valence-electron chi connectivity index (χ2n) is 11.4. The highest BCUT2D eigenvalue weighted by Gasteiger charge is 2.37. The highest BCUT2D eigenvalue weighted by atomic mass is 32.2. The van der Waals surface area contributed by atoms with Gasteiger partial charge in [-0.15, -0.1) is 0 Å². The molecule has 248 valence electrons. The summed E-state index contributed by atoms with van der Waals surface area (Å²) in [5, 5.41) is -0.177. The molecule has 1 aliphatic heterocycles. The van der Waals surface area contributed by atoms with Crippen molar-refractivity contribution < 1.29 is 35.2 Å². The number of nitrogens with zero attached hydrogens (tertiary/aromatic N) is 6. The van der Waals surface area contributed by atoms with Crippen LogP contribution >= 0.6 is 0 Å². The molecule has 3 aromatic heterocycles. The molecule has 0 radical (unpaired) electrons. The van der Waals surface area contributed by atoms with Crippen LogP contribution in [-0.4, -0.2) is 70.7 Å². The Morgan fingerprint density at radius 2 is 1.81 bits per heavy atom. The number of piperazine rings is 1. The number of carbonyl (C=O) groups excluding carboxylic acids is 1. The maximum absolute atomic E-state index is 16.0. The van der Waals surface area contributed by atoms with Gasteiger partial charge in [0, 0.05) is 38.1 Å². The molecule has 1 aromatic carbocycles. The monoisotopic (exact) mass is 676 g/mol. The number of anilines is 1. The Labute approximate surface area is 266 Å². The molecule has 47 heavy (non-hydrogen) atoms. The SMILES string of the molecule is C=CC(=O)N1CCN(c2nc(=O)n(-c3c(S(C)(=O)=O)ccnc3C(C)C)c3nc(-c4c(F)cccc4C(F)(F)F)c(F)cc23)[C@@H](C)C1. The fraction of sp³-hybridized carbons (Fsp3) is 0.323. The van der Waals surface area contributed by atoms with E-state index in [1.165, 1.54) is 11.1 Å². The molecular formula is C31H29F5N6O4S. The maximum Gasteiger partial charge on any atom is 0.417 e. The third-order valence-corrected chi connectivity index (χ3v) is 8.96. The van der Waals surface area contributed by atoms with Gasteiger partial charge in [0.25, 0.3) is 0 Å². The number of fused-ring (bicyclic) bond motifs is 1. The van der Waals surface area contributed by atoms with Crippen molar-refractivity contribution in [1.29, 1.82) is 0 Å². The molecule has 4 heterocycles. The van der Waals surface area contributed by atoms with Gasteiger partial charge in [-0.05, 0) is 43.2 Å². The lowest BCUT2D eigenvalue weighted by molar-refractivity contribution is -0.137. The Morgan fingerprint density at radius 3 is 2.40 bits per heavy atom. The molecule has 1 fully saturated rings. The zero-order valence-corrected chi connectivity index (χ0v) is 26.5. The lowest BCUT2D eigenvalue weighted by Crippen LogP contribution is -2.54. The number of aromatic nitrogens is 4. The standard InChI is InChI=1S/C31H29F5N6O4S/c1-6-23(43)40-12-13-41(17(4)15-40)28-18-14-21(33)26(24-19(31(34,35)36)8-7-9-20(24)32)38-29(18)42(30(44)39-28)27-22(47(5,45)46)10-11-37-25(27)16(2)3/h6-11,14,16-17H,1,12-13,15H2,2-5H3/t17-/m0/s1. The fourth-order valence-corrected chi connectivity index (χ4v) is 6.56. The van der Waals surface area contributed by atoms with E-state index in [0.29, 0.717) is 12.1 Å². The Morgan fingerprint density at radius 1 is 1.11 bits per heavy atom. The molecule has 10 nitrogen and oxygen atoms in total. The maximum atomic E-state index is 16.0. The number of alkyl halides is 3. The van der Waals surface area contributed by atoms with Gasteiger partial charge in [-0.3, -0.25) is 9.78 Å². The van der Waals surface area contributed by atoms with Crippen molar-refractivity contribution >= 4 is 32.6 Å². The normalized spacial score (nSPS) is 15.8. The first-order valence-electron chi connectivity index (χ1n) is 14.3. The van der Waals surface area contributed by atoms with Gasteiger partial charge in [-0.25, -0.2) is 31.5 Å². The summed E-state index contributed by atoms with van der Waals surface area (Å²) < 4.78 is 100. The van der Waals surface area contributed by atoms with Crippen molar-refractivity contribution in [3.8, 4) is 16.9 Å². The summed E-state index contributed by atoms with van der Waals surface area (Å²) >= 11 is 0. The van der Waals surface area contributed by atoms with E-state index in [1.807, 2.05) is 0 Å². The van der Waals surface area contributed by atoms with Crippen molar-refractivity contribution in [3.63, 3.8) is 0 Å². The van der Waals surface area contributed by atoms with Crippen molar-refractivity contribution in [1.82, 2.24) is 24.4 Å². The second-order valence-corrected chi connectivity index (χ2v) is 13.4. The number of rotatable bonds is 6. The first-order chi connectivity index (χ1) is 21.9. The summed E-state index contributed by atoms with van der Waals surface area (Å²) in [4.78, 5) is 41.7. The predicted octanol–water partition coefficient (Wildman–Crippen LogP) is 4.89. The van der Waals surface area contributed by atoms with Crippen LogP contribution in [0.4, 0.5) is 27.8 Å². The number of carbonyl (C=O) groups is 1. The number of benzene rings is 1. The quantitative estimate of drug-likeness (QED) is 0.209. The van der Waals surface area contributed by atoms with E-state index in [4.69, 9.17) is 0 Å². The molecule has 1 atom stereocenters. The summed E-state index contributed by atoms with van der Waals surface area (Å²) in [7, 11) is -4.08. The average molecular weight is 677 g/mol. The zero-order valence-electron chi connectivity index (χ0n) is 25.6. The topological polar surface area (TPSA) is 118 Å². The van der Waals surface area contributed by atoms with Gasteiger partial charge in [-0.2, -0.15) is 18.2 Å². The van der Waals surface area contributed by atoms with E-state index in [2.05, 4.69) is 21.5 Å². The Bertz CT molecular complexity index is 2100. The molecule has 0 aliphatic carbocycles. The average Bonchev–Trinajstić information content (AvgIpc) is 2.99. The van der Waals surface area contributed by atoms with Gasteiger partial charge in [-0.1, -0.05) is 26.5 Å². The van der Waals surface area contributed by atoms with E-state index in [0.717, 1.165) is 35.1 Å². The van der Waals surface area contributed by atoms with Crippen molar-refractivity contribution in [2.75, 3.05) is 30.8 Å². The summed E-state index contributed by atoms with van der Waals surface area (Å²) in [5.74, 6) is -3.72. The summed E-state index contributed by atoms with van der Waals surface area (Å²) in [6, 6.07) is 3.54. The Balaban J connectivity index is 1.93. The molecule has 1 amide bonds. The number of sulfone groups is 1. The minimum absolute atomic E-state index is 0.102. The van der Waals surface area contributed by atoms with Crippen LogP contribution in [0.15, 0.2) is 58.9 Å². The predicted molar refractivity (Wildman–Crippen MR) is 164 cm³/mol. The first-order valence-corrected chi connectivity index (χ1v) is 16.2. The van der Waals surface area contributed by atoms with Crippen molar-refractivity contribution in [2.24, 2.45) is 0 Å². The highest BCUT2D eigenvalue weighted by Crippen LogP contribution is 2.40. The molecule has 0 saturated carbocycles.